The minimum Gasteiger partial charge on any atom is -0.463 e. The molecule has 1 N–H and O–H groups in total. The number of benzene rings is 1. The van der Waals surface area contributed by atoms with E-state index >= 15 is 0 Å². The van der Waals surface area contributed by atoms with Gasteiger partial charge in [0.25, 0.3) is 5.56 Å². The molecule has 3 heterocycles. The van der Waals surface area contributed by atoms with Crippen molar-refractivity contribution in [1.82, 2.24) is 30.0 Å². The average molecular weight is 363 g/mol. The molecular formula is C17H13N7O3. The Hall–Kier alpha value is -4.08. The van der Waals surface area contributed by atoms with Crippen molar-refractivity contribution in [1.29, 1.82) is 0 Å². The van der Waals surface area contributed by atoms with Crippen LogP contribution in [0.3, 0.4) is 0 Å². The summed E-state index contributed by atoms with van der Waals surface area (Å²) in [6.45, 7) is -0.220. The van der Waals surface area contributed by atoms with E-state index < -0.39 is 0 Å². The number of tetrazole rings is 1. The summed E-state index contributed by atoms with van der Waals surface area (Å²) < 4.78 is 7.84. The summed E-state index contributed by atoms with van der Waals surface area (Å²) in [6.07, 6.45) is 2.98. The second kappa shape index (κ2) is 7.04. The number of nitrogens with one attached hydrogen (secondary N) is 1. The molecule has 0 aliphatic rings. The van der Waals surface area contributed by atoms with Crippen LogP contribution in [0.1, 0.15) is 0 Å². The van der Waals surface area contributed by atoms with Gasteiger partial charge in [-0.1, -0.05) is 0 Å². The Balaban J connectivity index is 1.46. The number of nitrogens with zero attached hydrogens (tertiary/aromatic N) is 6. The summed E-state index contributed by atoms with van der Waals surface area (Å²) in [4.78, 5) is 24.2. The summed E-state index contributed by atoms with van der Waals surface area (Å²) in [5, 5.41) is 17.8. The number of rotatable bonds is 5. The van der Waals surface area contributed by atoms with Crippen molar-refractivity contribution < 1.29 is 9.21 Å². The van der Waals surface area contributed by atoms with Crippen molar-refractivity contribution in [2.45, 2.75) is 6.54 Å². The molecule has 3 aromatic heterocycles. The molecule has 0 bridgehead atoms. The molecule has 4 aromatic rings. The Morgan fingerprint density at radius 1 is 1.11 bits per heavy atom. The summed E-state index contributed by atoms with van der Waals surface area (Å²) >= 11 is 0. The molecule has 0 aliphatic heterocycles. The maximum absolute atomic E-state index is 12.3. The summed E-state index contributed by atoms with van der Waals surface area (Å²) in [6, 6.07) is 13.3. The van der Waals surface area contributed by atoms with Gasteiger partial charge in [-0.25, -0.2) is 9.36 Å². The number of hydrogen-bond acceptors (Lipinski definition) is 7. The van der Waals surface area contributed by atoms with Gasteiger partial charge in [-0.05, 0) is 52.9 Å². The zero-order chi connectivity index (χ0) is 18.6. The summed E-state index contributed by atoms with van der Waals surface area (Å²) in [5.74, 6) is 0.138. The van der Waals surface area contributed by atoms with Crippen LogP contribution in [0.5, 0.6) is 0 Å². The van der Waals surface area contributed by atoms with Crippen LogP contribution in [0.2, 0.25) is 0 Å². The largest absolute Gasteiger partial charge is 0.463 e. The lowest BCUT2D eigenvalue weighted by molar-refractivity contribution is -0.117. The van der Waals surface area contributed by atoms with Crippen LogP contribution in [0, 0.1) is 0 Å². The third kappa shape index (κ3) is 3.63. The lowest BCUT2D eigenvalue weighted by Crippen LogP contribution is -2.29. The minimum absolute atomic E-state index is 0.220. The number of furan rings is 1. The van der Waals surface area contributed by atoms with E-state index in [0.717, 1.165) is 10.4 Å². The summed E-state index contributed by atoms with van der Waals surface area (Å²) in [5.41, 5.74) is 1.42. The highest BCUT2D eigenvalue weighted by molar-refractivity contribution is 5.90. The van der Waals surface area contributed by atoms with Crippen molar-refractivity contribution >= 4 is 11.6 Å². The standard InChI is InChI=1S/C17H13N7O3/c25-16(19-12-3-5-13(6-4-12)24-11-18-21-22-24)10-23-17(26)8-7-14(20-23)15-2-1-9-27-15/h1-9,11H,10H2,(H,19,25). The smallest absolute Gasteiger partial charge is 0.267 e. The Bertz CT molecular complexity index is 1100. The molecule has 1 aromatic carbocycles. The van der Waals surface area contributed by atoms with Gasteiger partial charge in [0.2, 0.25) is 5.91 Å². The molecule has 27 heavy (non-hydrogen) atoms. The first-order valence-electron chi connectivity index (χ1n) is 7.94. The fourth-order valence-electron chi connectivity index (χ4n) is 2.43. The quantitative estimate of drug-likeness (QED) is 0.564. The van der Waals surface area contributed by atoms with Crippen molar-refractivity contribution in [3.8, 4) is 17.1 Å². The predicted octanol–water partition coefficient (Wildman–Crippen LogP) is 1.12. The van der Waals surface area contributed by atoms with Crippen LogP contribution in [-0.4, -0.2) is 35.9 Å². The molecule has 0 saturated carbocycles. The second-order valence-corrected chi connectivity index (χ2v) is 5.54. The highest BCUT2D eigenvalue weighted by atomic mass is 16.3. The maximum atomic E-state index is 12.3. The highest BCUT2D eigenvalue weighted by Gasteiger charge is 2.10. The second-order valence-electron chi connectivity index (χ2n) is 5.54. The number of carbonyl (C=O) groups excluding carboxylic acids is 1. The van der Waals surface area contributed by atoms with Crippen LogP contribution in [-0.2, 0) is 11.3 Å². The molecule has 0 fully saturated rings. The van der Waals surface area contributed by atoms with E-state index in [-0.39, 0.29) is 18.0 Å². The monoisotopic (exact) mass is 363 g/mol. The van der Waals surface area contributed by atoms with E-state index in [2.05, 4.69) is 25.9 Å². The van der Waals surface area contributed by atoms with Gasteiger partial charge in [-0.15, -0.1) is 5.10 Å². The SMILES string of the molecule is O=C(Cn1nc(-c2ccco2)ccc1=O)Nc1ccc(-n2cnnn2)cc1. The molecular weight excluding hydrogens is 350 g/mol. The van der Waals surface area contributed by atoms with Crippen molar-refractivity contribution in [2.75, 3.05) is 5.32 Å². The average Bonchev–Trinajstić information content (AvgIpc) is 3.38. The van der Waals surface area contributed by atoms with E-state index in [4.69, 9.17) is 4.42 Å². The predicted molar refractivity (Wildman–Crippen MR) is 94.0 cm³/mol. The molecule has 0 spiro atoms. The van der Waals surface area contributed by atoms with Crippen LogP contribution < -0.4 is 10.9 Å². The molecule has 0 aliphatic carbocycles. The van der Waals surface area contributed by atoms with Crippen LogP contribution in [0.4, 0.5) is 5.69 Å². The molecule has 1 amide bonds. The number of carbonyl (C=O) groups is 1. The molecule has 10 nitrogen and oxygen atoms in total. The van der Waals surface area contributed by atoms with Gasteiger partial charge in [-0.2, -0.15) is 5.10 Å². The maximum Gasteiger partial charge on any atom is 0.267 e. The van der Waals surface area contributed by atoms with Crippen LogP contribution in [0.25, 0.3) is 17.1 Å². The fourth-order valence-corrected chi connectivity index (χ4v) is 2.43. The van der Waals surface area contributed by atoms with Crippen molar-refractivity contribution in [3.63, 3.8) is 0 Å². The normalized spacial score (nSPS) is 10.7. The molecule has 0 radical (unpaired) electrons. The van der Waals surface area contributed by atoms with E-state index in [1.54, 1.807) is 42.5 Å². The Morgan fingerprint density at radius 3 is 2.67 bits per heavy atom. The first kappa shape index (κ1) is 16.4. The molecule has 0 unspecified atom stereocenters. The molecule has 0 saturated heterocycles. The van der Waals surface area contributed by atoms with E-state index in [0.29, 0.717) is 17.1 Å². The van der Waals surface area contributed by atoms with Gasteiger partial charge in [0.15, 0.2) is 5.76 Å². The van der Waals surface area contributed by atoms with Crippen molar-refractivity contribution in [3.05, 3.63) is 71.5 Å². The molecule has 4 rings (SSSR count). The Kier molecular flexibility index (Phi) is 4.27. The Labute approximate surface area is 152 Å². The Morgan fingerprint density at radius 2 is 1.96 bits per heavy atom. The lowest BCUT2D eigenvalue weighted by Gasteiger charge is -2.08. The van der Waals surface area contributed by atoms with Crippen molar-refractivity contribution in [2.24, 2.45) is 0 Å². The lowest BCUT2D eigenvalue weighted by atomic mass is 10.3. The fraction of sp³-hybridized carbons (Fsp3) is 0.0588. The van der Waals surface area contributed by atoms with Gasteiger partial charge in [0.05, 0.1) is 12.0 Å². The van der Waals surface area contributed by atoms with Gasteiger partial charge in [-0.3, -0.25) is 9.59 Å². The zero-order valence-corrected chi connectivity index (χ0v) is 13.9. The van der Waals surface area contributed by atoms with Gasteiger partial charge < -0.3 is 9.73 Å². The first-order chi connectivity index (χ1) is 13.2. The minimum atomic E-state index is -0.380. The highest BCUT2D eigenvalue weighted by Crippen LogP contribution is 2.15. The van der Waals surface area contributed by atoms with E-state index in [1.807, 2.05) is 0 Å². The van der Waals surface area contributed by atoms with Gasteiger partial charge in [0.1, 0.15) is 18.6 Å². The third-order valence-corrected chi connectivity index (χ3v) is 3.70. The first-order valence-corrected chi connectivity index (χ1v) is 7.94. The van der Waals surface area contributed by atoms with E-state index in [9.17, 15) is 9.59 Å². The van der Waals surface area contributed by atoms with Crippen LogP contribution in [0.15, 0.2) is 70.3 Å². The number of hydrogen-bond donors (Lipinski definition) is 1. The number of anilines is 1. The van der Waals surface area contributed by atoms with Gasteiger partial charge in [0, 0.05) is 11.8 Å². The topological polar surface area (TPSA) is 121 Å². The van der Waals surface area contributed by atoms with Gasteiger partial charge >= 0.3 is 0 Å². The zero-order valence-electron chi connectivity index (χ0n) is 13.9. The molecule has 134 valence electrons. The van der Waals surface area contributed by atoms with E-state index in [1.165, 1.54) is 23.3 Å². The van der Waals surface area contributed by atoms with Crippen LogP contribution >= 0.6 is 0 Å². The molecule has 0 atom stereocenters. The number of amides is 1. The summed E-state index contributed by atoms with van der Waals surface area (Å²) in [7, 11) is 0. The molecule has 10 heteroatoms. The number of aromatic nitrogens is 6. The third-order valence-electron chi connectivity index (χ3n) is 3.70.